The van der Waals surface area contributed by atoms with Gasteiger partial charge >= 0.3 is 5.97 Å². The molecule has 1 unspecified atom stereocenters. The number of nitrogens with zero attached hydrogens (tertiary/aromatic N) is 1. The molecule has 5 heteroatoms. The first-order chi connectivity index (χ1) is 9.71. The molecular formula is C15H21NO3S. The molecule has 0 saturated carbocycles. The summed E-state index contributed by atoms with van der Waals surface area (Å²) in [4.78, 5) is 11.1. The van der Waals surface area contributed by atoms with Gasteiger partial charge < -0.3 is 9.47 Å². The third kappa shape index (κ3) is 6.48. The van der Waals surface area contributed by atoms with E-state index < -0.39 is 0 Å². The molecule has 0 N–H and O–H groups in total. The summed E-state index contributed by atoms with van der Waals surface area (Å²) >= 11 is 1.41. The summed E-state index contributed by atoms with van der Waals surface area (Å²) in [6.45, 7) is 4.00. The standard InChI is InChI=1S/C13H15NO3S.C2H6/c1-16-11-5-3-10(4-6-11)12(7-8-14)18-9-13(15)17-2;1-2/h3-6,12H,7,9H2,1-2H3;1-2H3. The molecule has 1 atom stereocenters. The highest BCUT2D eigenvalue weighted by molar-refractivity contribution is 8.00. The Kier molecular flexibility index (Phi) is 10.2. The molecule has 0 aliphatic carbocycles. The van der Waals surface area contributed by atoms with Crippen molar-refractivity contribution < 1.29 is 14.3 Å². The Morgan fingerprint density at radius 2 is 1.90 bits per heavy atom. The van der Waals surface area contributed by atoms with Crippen LogP contribution in [0.3, 0.4) is 0 Å². The van der Waals surface area contributed by atoms with Gasteiger partial charge in [0.1, 0.15) is 5.75 Å². The van der Waals surface area contributed by atoms with Crippen LogP contribution in [0.4, 0.5) is 0 Å². The summed E-state index contributed by atoms with van der Waals surface area (Å²) in [5.74, 6) is 0.735. The molecule has 0 radical (unpaired) electrons. The maximum Gasteiger partial charge on any atom is 0.315 e. The number of benzene rings is 1. The molecule has 1 rings (SSSR count). The minimum atomic E-state index is -0.281. The summed E-state index contributed by atoms with van der Waals surface area (Å²) in [5, 5.41) is 8.79. The minimum absolute atomic E-state index is 0.0278. The molecule has 20 heavy (non-hydrogen) atoms. The maximum atomic E-state index is 11.1. The molecule has 0 bridgehead atoms. The fraction of sp³-hybridized carbons (Fsp3) is 0.467. The Labute approximate surface area is 125 Å². The zero-order chi connectivity index (χ0) is 15.4. The van der Waals surface area contributed by atoms with Crippen molar-refractivity contribution in [3.05, 3.63) is 29.8 Å². The minimum Gasteiger partial charge on any atom is -0.497 e. The smallest absolute Gasteiger partial charge is 0.315 e. The molecule has 0 aliphatic rings. The van der Waals surface area contributed by atoms with Crippen molar-refractivity contribution in [3.8, 4) is 11.8 Å². The molecule has 1 aromatic rings. The first-order valence-electron chi connectivity index (χ1n) is 6.40. The summed E-state index contributed by atoms with van der Waals surface area (Å²) < 4.78 is 9.67. The second kappa shape index (κ2) is 11.2. The lowest BCUT2D eigenvalue weighted by Gasteiger charge is -2.13. The van der Waals surface area contributed by atoms with Crippen molar-refractivity contribution in [1.82, 2.24) is 0 Å². The third-order valence-electron chi connectivity index (χ3n) is 2.39. The predicted octanol–water partition coefficient (Wildman–Crippen LogP) is 3.58. The van der Waals surface area contributed by atoms with Gasteiger partial charge in [-0.3, -0.25) is 4.79 Å². The average Bonchev–Trinajstić information content (AvgIpc) is 2.53. The molecule has 1 aromatic carbocycles. The molecule has 110 valence electrons. The number of carbonyl (C=O) groups is 1. The summed E-state index contributed by atoms with van der Waals surface area (Å²) in [7, 11) is 2.96. The molecular weight excluding hydrogens is 274 g/mol. The van der Waals surface area contributed by atoms with Gasteiger partial charge in [-0.05, 0) is 17.7 Å². The van der Waals surface area contributed by atoms with Crippen molar-refractivity contribution in [2.24, 2.45) is 0 Å². The number of esters is 1. The first kappa shape index (κ1) is 18.3. The highest BCUT2D eigenvalue weighted by Gasteiger charge is 2.14. The lowest BCUT2D eigenvalue weighted by atomic mass is 10.1. The van der Waals surface area contributed by atoms with Crippen molar-refractivity contribution in [3.63, 3.8) is 0 Å². The van der Waals surface area contributed by atoms with Gasteiger partial charge in [-0.2, -0.15) is 5.26 Å². The Balaban J connectivity index is 0.00000172. The first-order valence-corrected chi connectivity index (χ1v) is 7.45. The van der Waals surface area contributed by atoms with E-state index >= 15 is 0 Å². The number of rotatable bonds is 6. The van der Waals surface area contributed by atoms with Crippen LogP contribution in [0.2, 0.25) is 0 Å². The number of nitriles is 1. The van der Waals surface area contributed by atoms with Crippen LogP contribution in [0.15, 0.2) is 24.3 Å². The zero-order valence-electron chi connectivity index (χ0n) is 12.4. The fourth-order valence-corrected chi connectivity index (χ4v) is 2.40. The van der Waals surface area contributed by atoms with Crippen LogP contribution in [0.25, 0.3) is 0 Å². The van der Waals surface area contributed by atoms with Gasteiger partial charge in [0.05, 0.1) is 32.5 Å². The van der Waals surface area contributed by atoms with Crippen LogP contribution >= 0.6 is 11.8 Å². The van der Waals surface area contributed by atoms with Crippen molar-refractivity contribution in [2.45, 2.75) is 25.5 Å². The lowest BCUT2D eigenvalue weighted by Crippen LogP contribution is -2.05. The van der Waals surface area contributed by atoms with E-state index in [9.17, 15) is 4.79 Å². The quantitative estimate of drug-likeness (QED) is 0.751. The summed E-state index contributed by atoms with van der Waals surface area (Å²) in [6, 6.07) is 9.64. The fourth-order valence-electron chi connectivity index (χ4n) is 1.40. The number of thioether (sulfide) groups is 1. The maximum absolute atomic E-state index is 11.1. The van der Waals surface area contributed by atoms with Crippen LogP contribution in [-0.2, 0) is 9.53 Å². The summed E-state index contributed by atoms with van der Waals surface area (Å²) in [6.07, 6.45) is 0.355. The molecule has 0 aliphatic heterocycles. The molecule has 0 saturated heterocycles. The van der Waals surface area contributed by atoms with E-state index in [-0.39, 0.29) is 17.0 Å². The van der Waals surface area contributed by atoms with Crippen LogP contribution in [0.1, 0.15) is 31.1 Å². The molecule has 0 amide bonds. The molecule has 0 heterocycles. The number of carbonyl (C=O) groups excluding carboxylic acids is 1. The number of methoxy groups -OCH3 is 2. The number of hydrogen-bond donors (Lipinski definition) is 0. The van der Waals surface area contributed by atoms with E-state index in [4.69, 9.17) is 10.00 Å². The van der Waals surface area contributed by atoms with E-state index in [1.165, 1.54) is 18.9 Å². The SMILES string of the molecule is CC.COC(=O)CSC(CC#N)c1ccc(OC)cc1. The van der Waals surface area contributed by atoms with Gasteiger partial charge in [-0.15, -0.1) is 11.8 Å². The Morgan fingerprint density at radius 3 is 2.35 bits per heavy atom. The Bertz CT molecular complexity index is 426. The van der Waals surface area contributed by atoms with Gasteiger partial charge in [-0.25, -0.2) is 0 Å². The topological polar surface area (TPSA) is 59.3 Å². The predicted molar refractivity (Wildman–Crippen MR) is 81.8 cm³/mol. The normalized spacial score (nSPS) is 10.6. The number of hydrogen-bond acceptors (Lipinski definition) is 5. The van der Waals surface area contributed by atoms with E-state index in [2.05, 4.69) is 10.8 Å². The average molecular weight is 295 g/mol. The Morgan fingerprint density at radius 1 is 1.30 bits per heavy atom. The monoisotopic (exact) mass is 295 g/mol. The molecule has 0 spiro atoms. The highest BCUT2D eigenvalue weighted by Crippen LogP contribution is 2.32. The second-order valence-corrected chi connectivity index (χ2v) is 4.70. The van der Waals surface area contributed by atoms with Crippen molar-refractivity contribution in [2.75, 3.05) is 20.0 Å². The largest absolute Gasteiger partial charge is 0.497 e. The van der Waals surface area contributed by atoms with Gasteiger partial charge in [0.15, 0.2) is 0 Å². The Hall–Kier alpha value is -1.67. The number of ether oxygens (including phenoxy) is 2. The zero-order valence-corrected chi connectivity index (χ0v) is 13.2. The van der Waals surface area contributed by atoms with Crippen LogP contribution < -0.4 is 4.74 Å². The van der Waals surface area contributed by atoms with Crippen LogP contribution in [-0.4, -0.2) is 25.9 Å². The van der Waals surface area contributed by atoms with Gasteiger partial charge in [0, 0.05) is 5.25 Å². The molecule has 0 aromatic heterocycles. The van der Waals surface area contributed by atoms with Crippen molar-refractivity contribution in [1.29, 1.82) is 5.26 Å². The van der Waals surface area contributed by atoms with E-state index in [1.807, 2.05) is 38.1 Å². The van der Waals surface area contributed by atoms with Crippen LogP contribution in [0.5, 0.6) is 5.75 Å². The third-order valence-corrected chi connectivity index (χ3v) is 3.64. The highest BCUT2D eigenvalue weighted by atomic mass is 32.2. The van der Waals surface area contributed by atoms with Gasteiger partial charge in [0.25, 0.3) is 0 Å². The van der Waals surface area contributed by atoms with Crippen LogP contribution in [0, 0.1) is 11.3 Å². The molecule has 0 fully saturated rings. The van der Waals surface area contributed by atoms with E-state index in [1.54, 1.807) is 7.11 Å². The van der Waals surface area contributed by atoms with E-state index in [0.29, 0.717) is 6.42 Å². The summed E-state index contributed by atoms with van der Waals surface area (Å²) in [5.41, 5.74) is 1.01. The second-order valence-electron chi connectivity index (χ2n) is 3.51. The van der Waals surface area contributed by atoms with Crippen molar-refractivity contribution >= 4 is 17.7 Å². The van der Waals surface area contributed by atoms with Gasteiger partial charge in [0.2, 0.25) is 0 Å². The van der Waals surface area contributed by atoms with E-state index in [0.717, 1.165) is 11.3 Å². The molecule has 4 nitrogen and oxygen atoms in total. The van der Waals surface area contributed by atoms with Gasteiger partial charge in [-0.1, -0.05) is 26.0 Å². The lowest BCUT2D eigenvalue weighted by molar-refractivity contribution is -0.137.